The number of benzene rings is 2. The topological polar surface area (TPSA) is 94.0 Å². The molecule has 9 heteroatoms. The van der Waals surface area contributed by atoms with Crippen molar-refractivity contribution < 1.29 is 13.2 Å². The Hall–Kier alpha value is -3.67. The number of halogens is 1. The molecule has 2 heterocycles. The van der Waals surface area contributed by atoms with Crippen LogP contribution in [0.2, 0.25) is 5.02 Å². The van der Waals surface area contributed by atoms with E-state index in [1.54, 1.807) is 18.2 Å². The zero-order chi connectivity index (χ0) is 26.6. The Kier molecular flexibility index (Phi) is 7.96. The van der Waals surface area contributed by atoms with E-state index in [1.165, 1.54) is 18.2 Å². The number of rotatable bonds is 7. The van der Waals surface area contributed by atoms with E-state index in [1.807, 2.05) is 36.6 Å². The maximum atomic E-state index is 12.8. The fraction of sp³-hybridized carbons (Fsp3) is 0.250. The number of aromatic nitrogens is 3. The quantitative estimate of drug-likeness (QED) is 0.253. The second kappa shape index (κ2) is 11.2. The van der Waals surface area contributed by atoms with E-state index in [-0.39, 0.29) is 10.6 Å². The number of unbranched alkanes of at least 4 members (excludes halogenated alkanes) is 2. The summed E-state index contributed by atoms with van der Waals surface area (Å²) in [6, 6.07) is 15.0. The van der Waals surface area contributed by atoms with E-state index in [0.717, 1.165) is 36.0 Å². The smallest absolute Gasteiger partial charge is 0.283 e. The number of hydrogen-bond acceptors (Lipinski definition) is 5. The molecule has 190 valence electrons. The molecule has 0 atom stereocenters. The molecule has 0 aliphatic carbocycles. The highest BCUT2D eigenvalue weighted by Gasteiger charge is 2.21. The average molecular weight is 535 g/mol. The maximum Gasteiger partial charge on any atom is 0.283 e. The summed E-state index contributed by atoms with van der Waals surface area (Å²) in [4.78, 5) is 21.8. The first-order valence-electron chi connectivity index (χ1n) is 11.9. The molecule has 0 aliphatic heterocycles. The molecule has 4 rings (SSSR count). The first kappa shape index (κ1) is 26.4. The molecule has 1 amide bonds. The van der Waals surface area contributed by atoms with Crippen molar-refractivity contribution in [2.24, 2.45) is 0 Å². The molecule has 0 bridgehead atoms. The van der Waals surface area contributed by atoms with E-state index < -0.39 is 15.9 Å². The van der Waals surface area contributed by atoms with Crippen LogP contribution in [0.4, 0.5) is 0 Å². The van der Waals surface area contributed by atoms with Gasteiger partial charge in [-0.3, -0.25) is 4.79 Å². The molecule has 0 spiro atoms. The van der Waals surface area contributed by atoms with Gasteiger partial charge in [0.05, 0.1) is 11.4 Å². The molecule has 1 N–H and O–H groups in total. The summed E-state index contributed by atoms with van der Waals surface area (Å²) in [6.07, 6.45) is 3.02. The van der Waals surface area contributed by atoms with Crippen molar-refractivity contribution in [2.75, 3.05) is 0 Å². The van der Waals surface area contributed by atoms with Crippen LogP contribution < -0.4 is 4.72 Å². The molecule has 4 aromatic rings. The molecule has 0 saturated heterocycles. The second-order valence-electron chi connectivity index (χ2n) is 8.74. The number of carbonyl (C=O) groups excluding carboxylic acids is 1. The first-order chi connectivity index (χ1) is 17.7. The van der Waals surface area contributed by atoms with Crippen molar-refractivity contribution >= 4 is 38.7 Å². The van der Waals surface area contributed by atoms with Gasteiger partial charge in [0.2, 0.25) is 0 Å². The number of amides is 1. The van der Waals surface area contributed by atoms with E-state index in [4.69, 9.17) is 11.6 Å². The monoisotopic (exact) mass is 534 g/mol. The van der Waals surface area contributed by atoms with Gasteiger partial charge in [0.1, 0.15) is 17.0 Å². The van der Waals surface area contributed by atoms with E-state index in [0.29, 0.717) is 28.6 Å². The van der Waals surface area contributed by atoms with Crippen LogP contribution >= 0.6 is 11.6 Å². The number of sulfonamides is 1. The van der Waals surface area contributed by atoms with Gasteiger partial charge in [-0.25, -0.2) is 23.1 Å². The third kappa shape index (κ3) is 6.19. The lowest BCUT2D eigenvalue weighted by molar-refractivity contribution is 0.0977. The number of nitrogens with one attached hydrogen (secondary N) is 1. The van der Waals surface area contributed by atoms with Crippen LogP contribution in [0.15, 0.2) is 59.5 Å². The van der Waals surface area contributed by atoms with Crippen LogP contribution in [0, 0.1) is 25.7 Å². The summed E-state index contributed by atoms with van der Waals surface area (Å²) in [7, 11) is -4.04. The van der Waals surface area contributed by atoms with Gasteiger partial charge in [0.25, 0.3) is 15.9 Å². The van der Waals surface area contributed by atoms with Crippen LogP contribution in [0.1, 0.15) is 59.2 Å². The molecular weight excluding hydrogens is 508 g/mol. The number of nitrogens with zero attached hydrogens (tertiary/aromatic N) is 3. The third-order valence-corrected chi connectivity index (χ3v) is 7.54. The lowest BCUT2D eigenvalue weighted by Crippen LogP contribution is -2.31. The minimum atomic E-state index is -4.04. The van der Waals surface area contributed by atoms with Crippen LogP contribution in [0.25, 0.3) is 11.2 Å². The van der Waals surface area contributed by atoms with Gasteiger partial charge in [-0.15, -0.1) is 0 Å². The lowest BCUT2D eigenvalue weighted by atomic mass is 10.1. The van der Waals surface area contributed by atoms with Crippen molar-refractivity contribution in [3.63, 3.8) is 0 Å². The first-order valence-corrected chi connectivity index (χ1v) is 13.8. The van der Waals surface area contributed by atoms with E-state index in [9.17, 15) is 13.2 Å². The number of fused-ring (bicyclic) bond motifs is 1. The Morgan fingerprint density at radius 1 is 1.05 bits per heavy atom. The summed E-state index contributed by atoms with van der Waals surface area (Å²) >= 11 is 6.56. The molecule has 0 aliphatic rings. The van der Waals surface area contributed by atoms with Gasteiger partial charge in [-0.1, -0.05) is 60.5 Å². The second-order valence-corrected chi connectivity index (χ2v) is 10.8. The SMILES string of the molecule is CCCCC#Cc1ccc(Cn2c(C)nc3ccc(C(=O)NS(=O)(=O)c4ccc(C)cc4)nc32)c(Cl)c1. The molecule has 0 fully saturated rings. The van der Waals surface area contributed by atoms with Crippen LogP contribution in [-0.4, -0.2) is 28.9 Å². The summed E-state index contributed by atoms with van der Waals surface area (Å²) in [5, 5.41) is 0.571. The minimum Gasteiger partial charge on any atom is -0.308 e. The highest BCUT2D eigenvalue weighted by Crippen LogP contribution is 2.22. The van der Waals surface area contributed by atoms with Crippen molar-refractivity contribution in [3.05, 3.63) is 87.8 Å². The van der Waals surface area contributed by atoms with Crippen molar-refractivity contribution in [1.82, 2.24) is 19.3 Å². The molecule has 7 nitrogen and oxygen atoms in total. The summed E-state index contributed by atoms with van der Waals surface area (Å²) in [5.74, 6) is 6.16. The third-order valence-electron chi connectivity index (χ3n) is 5.84. The zero-order valence-electron chi connectivity index (χ0n) is 20.9. The van der Waals surface area contributed by atoms with Crippen molar-refractivity contribution in [3.8, 4) is 11.8 Å². The lowest BCUT2D eigenvalue weighted by Gasteiger charge is -2.10. The van der Waals surface area contributed by atoms with Gasteiger partial charge in [0.15, 0.2) is 5.65 Å². The Labute approximate surface area is 222 Å². The normalized spacial score (nSPS) is 11.2. The largest absolute Gasteiger partial charge is 0.308 e. The standard InChI is InChI=1S/C28H27ClN4O3S/c1-4-5-6-7-8-21-11-12-22(24(29)17-21)18-33-20(3)30-25-15-16-26(31-27(25)33)28(34)32-37(35,36)23-13-9-19(2)10-14-23/h9-17H,4-6,18H2,1-3H3,(H,32,34). The van der Waals surface area contributed by atoms with Crippen LogP contribution in [-0.2, 0) is 16.6 Å². The number of carbonyl (C=O) groups is 1. The summed E-state index contributed by atoms with van der Waals surface area (Å²) < 4.78 is 29.3. The van der Waals surface area contributed by atoms with Gasteiger partial charge in [-0.2, -0.15) is 0 Å². The number of aryl methyl sites for hydroxylation is 2. The number of hydrogen-bond donors (Lipinski definition) is 1. The van der Waals surface area contributed by atoms with Crippen LogP contribution in [0.5, 0.6) is 0 Å². The van der Waals surface area contributed by atoms with Crippen LogP contribution in [0.3, 0.4) is 0 Å². The van der Waals surface area contributed by atoms with Gasteiger partial charge in [-0.05, 0) is 62.2 Å². The summed E-state index contributed by atoms with van der Waals surface area (Å²) in [6.45, 7) is 6.20. The van der Waals surface area contributed by atoms with Gasteiger partial charge < -0.3 is 4.57 Å². The maximum absolute atomic E-state index is 12.8. The van der Waals surface area contributed by atoms with E-state index >= 15 is 0 Å². The fourth-order valence-electron chi connectivity index (χ4n) is 3.73. The highest BCUT2D eigenvalue weighted by molar-refractivity contribution is 7.90. The summed E-state index contributed by atoms with van der Waals surface area (Å²) in [5.41, 5.74) is 3.62. The Balaban J connectivity index is 1.59. The molecule has 0 saturated carbocycles. The van der Waals surface area contributed by atoms with Gasteiger partial charge in [0, 0.05) is 17.0 Å². The molecule has 2 aromatic heterocycles. The predicted molar refractivity (Wildman–Crippen MR) is 145 cm³/mol. The molecular formula is C28H27ClN4O3S. The number of imidazole rings is 1. The molecule has 0 unspecified atom stereocenters. The highest BCUT2D eigenvalue weighted by atomic mass is 35.5. The van der Waals surface area contributed by atoms with E-state index in [2.05, 4.69) is 33.5 Å². The Morgan fingerprint density at radius 2 is 1.81 bits per heavy atom. The molecule has 0 radical (unpaired) electrons. The molecule has 37 heavy (non-hydrogen) atoms. The number of pyridine rings is 1. The zero-order valence-corrected chi connectivity index (χ0v) is 22.4. The van der Waals surface area contributed by atoms with Crippen molar-refractivity contribution in [2.45, 2.75) is 51.5 Å². The minimum absolute atomic E-state index is 0.00144. The Bertz CT molecular complexity index is 1630. The van der Waals surface area contributed by atoms with Crippen molar-refractivity contribution in [1.29, 1.82) is 0 Å². The average Bonchev–Trinajstić information content (AvgIpc) is 3.17. The Morgan fingerprint density at radius 3 is 2.51 bits per heavy atom. The fourth-order valence-corrected chi connectivity index (χ4v) is 4.94. The predicted octanol–water partition coefficient (Wildman–Crippen LogP) is 5.41. The molecule has 2 aromatic carbocycles. The van der Waals surface area contributed by atoms with Gasteiger partial charge >= 0.3 is 0 Å².